The number of hydrogen-bond acceptors (Lipinski definition) is 10. The number of methoxy groups -OCH3 is 2. The highest BCUT2D eigenvalue weighted by molar-refractivity contribution is 5.85. The molecule has 1 N–H and O–H groups in total. The van der Waals surface area contributed by atoms with Crippen LogP contribution in [0.25, 0.3) is 22.6 Å². The fourth-order valence-electron chi connectivity index (χ4n) is 4.37. The first-order chi connectivity index (χ1) is 19.6. The predicted octanol–water partition coefficient (Wildman–Crippen LogP) is 4.83. The third-order valence-corrected chi connectivity index (χ3v) is 6.19. The van der Waals surface area contributed by atoms with Crippen molar-refractivity contribution in [3.8, 4) is 28.4 Å². The normalized spacial score (nSPS) is 22.7. The van der Waals surface area contributed by atoms with Crippen molar-refractivity contribution < 1.29 is 46.4 Å². The Hall–Kier alpha value is -3.85. The summed E-state index contributed by atoms with van der Waals surface area (Å²) in [6.07, 6.45) is -7.18. The van der Waals surface area contributed by atoms with E-state index in [0.29, 0.717) is 29.1 Å². The maximum Gasteiger partial charge on any atom is 0.573 e. The largest absolute Gasteiger partial charge is 0.573 e. The van der Waals surface area contributed by atoms with E-state index in [1.807, 2.05) is 6.92 Å². The van der Waals surface area contributed by atoms with Gasteiger partial charge in [-0.25, -0.2) is 9.78 Å². The second-order valence-electron chi connectivity index (χ2n) is 8.88. The molecule has 1 fully saturated rings. The van der Waals surface area contributed by atoms with E-state index in [1.54, 1.807) is 38.3 Å². The number of alkyl halides is 3. The first-order valence-electron chi connectivity index (χ1n) is 12.6. The van der Waals surface area contributed by atoms with Gasteiger partial charge in [-0.15, -0.1) is 18.3 Å². The fourth-order valence-corrected chi connectivity index (χ4v) is 4.37. The Bertz CT molecular complexity index is 1300. The summed E-state index contributed by atoms with van der Waals surface area (Å²) in [5, 5.41) is 10.6. The zero-order valence-corrected chi connectivity index (χ0v) is 22.6. The third-order valence-electron chi connectivity index (χ3n) is 6.19. The molecular formula is C27H29F3N4O7. The van der Waals surface area contributed by atoms with Gasteiger partial charge in [0.2, 0.25) is 6.29 Å². The number of hydrogen-bond donors (Lipinski definition) is 1. The predicted molar refractivity (Wildman–Crippen MR) is 139 cm³/mol. The molecule has 0 radical (unpaired) electrons. The van der Waals surface area contributed by atoms with Crippen LogP contribution in [-0.2, 0) is 23.7 Å². The summed E-state index contributed by atoms with van der Waals surface area (Å²) in [6, 6.07) is 11.8. The molecule has 0 bridgehead atoms. The van der Waals surface area contributed by atoms with Gasteiger partial charge in [-0.2, -0.15) is 5.10 Å². The zero-order chi connectivity index (χ0) is 29.6. The molecule has 1 aromatic heterocycles. The molecule has 2 aromatic carbocycles. The van der Waals surface area contributed by atoms with E-state index in [2.05, 4.69) is 25.2 Å². The van der Waals surface area contributed by atoms with Crippen molar-refractivity contribution in [2.45, 2.75) is 50.9 Å². The molecule has 5 atom stereocenters. The van der Waals surface area contributed by atoms with Crippen LogP contribution >= 0.6 is 0 Å². The Balaban J connectivity index is 1.40. The highest BCUT2D eigenvalue weighted by Gasteiger charge is 2.47. The van der Waals surface area contributed by atoms with Gasteiger partial charge in [0.1, 0.15) is 24.1 Å². The highest BCUT2D eigenvalue weighted by Crippen LogP contribution is 2.29. The molecule has 4 rings (SSSR count). The molecule has 2 heterocycles. The zero-order valence-electron chi connectivity index (χ0n) is 22.6. The number of nitrogens with zero attached hydrogens (tertiary/aromatic N) is 3. The Morgan fingerprint density at radius 2 is 1.63 bits per heavy atom. The monoisotopic (exact) mass is 578 g/mol. The summed E-state index contributed by atoms with van der Waals surface area (Å²) in [7, 11) is 3.02. The van der Waals surface area contributed by atoms with Gasteiger partial charge in [0.25, 0.3) is 0 Å². The number of rotatable bonds is 9. The lowest BCUT2D eigenvalue weighted by molar-refractivity contribution is -0.292. The van der Waals surface area contributed by atoms with Crippen LogP contribution in [0.15, 0.2) is 54.7 Å². The van der Waals surface area contributed by atoms with E-state index in [-0.39, 0.29) is 11.6 Å². The van der Waals surface area contributed by atoms with Gasteiger partial charge in [-0.3, -0.25) is 5.32 Å². The van der Waals surface area contributed by atoms with Gasteiger partial charge < -0.3 is 28.4 Å². The van der Waals surface area contributed by atoms with Gasteiger partial charge in [0, 0.05) is 37.6 Å². The standard InChI is InChI=1S/C27H29F3N4O7/c1-5-38-22-21(36-3)15(2)39-25(23(22)37-4)40-26(35)32-18-10-6-16(7-11-18)20-14-31-34-24(33-20)17-8-12-19(13-9-17)41-27(28,29)30/h6-15,21-23,25H,5H2,1-4H3,(H,32,35)/t15-,21-,22+,23+,25-/m0/s1. The summed E-state index contributed by atoms with van der Waals surface area (Å²) in [6.45, 7) is 4.05. The first-order valence-corrected chi connectivity index (χ1v) is 12.6. The smallest absolute Gasteiger partial charge is 0.416 e. The maximum absolute atomic E-state index is 12.7. The van der Waals surface area contributed by atoms with Gasteiger partial charge in [-0.1, -0.05) is 12.1 Å². The maximum atomic E-state index is 12.7. The van der Waals surface area contributed by atoms with Crippen LogP contribution in [0.5, 0.6) is 5.75 Å². The van der Waals surface area contributed by atoms with Crippen LogP contribution in [-0.4, -0.2) is 79.2 Å². The van der Waals surface area contributed by atoms with Crippen LogP contribution in [0.1, 0.15) is 13.8 Å². The van der Waals surface area contributed by atoms with Crippen LogP contribution in [0.2, 0.25) is 0 Å². The lowest BCUT2D eigenvalue weighted by Crippen LogP contribution is -2.60. The lowest BCUT2D eigenvalue weighted by Gasteiger charge is -2.43. The Morgan fingerprint density at radius 1 is 0.976 bits per heavy atom. The number of halogens is 3. The minimum absolute atomic E-state index is 0.210. The second-order valence-corrected chi connectivity index (χ2v) is 8.88. The van der Waals surface area contributed by atoms with Crippen molar-refractivity contribution in [1.82, 2.24) is 15.2 Å². The summed E-state index contributed by atoms with van der Waals surface area (Å²) < 4.78 is 69.3. The number of carbonyl (C=O) groups is 1. The van der Waals surface area contributed by atoms with Crippen molar-refractivity contribution >= 4 is 11.8 Å². The van der Waals surface area contributed by atoms with Gasteiger partial charge in [0.05, 0.1) is 18.0 Å². The fraction of sp³-hybridized carbons (Fsp3) is 0.407. The Labute approximate surface area is 233 Å². The number of anilines is 1. The number of benzene rings is 2. The van der Waals surface area contributed by atoms with Crippen LogP contribution < -0.4 is 10.1 Å². The first kappa shape index (κ1) is 30.1. The van der Waals surface area contributed by atoms with Crippen LogP contribution in [0.3, 0.4) is 0 Å². The molecule has 14 heteroatoms. The number of carbonyl (C=O) groups excluding carboxylic acids is 1. The number of ether oxygens (including phenoxy) is 6. The number of nitrogens with one attached hydrogen (secondary N) is 1. The van der Waals surface area contributed by atoms with Crippen molar-refractivity contribution in [2.75, 3.05) is 26.1 Å². The van der Waals surface area contributed by atoms with E-state index in [4.69, 9.17) is 23.7 Å². The molecule has 1 aliphatic rings. The molecule has 11 nitrogen and oxygen atoms in total. The quantitative estimate of drug-likeness (QED) is 0.378. The average molecular weight is 579 g/mol. The molecular weight excluding hydrogens is 549 g/mol. The summed E-state index contributed by atoms with van der Waals surface area (Å²) in [4.78, 5) is 17.1. The Morgan fingerprint density at radius 3 is 2.24 bits per heavy atom. The minimum Gasteiger partial charge on any atom is -0.416 e. The minimum atomic E-state index is -4.79. The van der Waals surface area contributed by atoms with E-state index < -0.39 is 43.2 Å². The summed E-state index contributed by atoms with van der Waals surface area (Å²) in [5.41, 5.74) is 2.01. The van der Waals surface area contributed by atoms with Crippen molar-refractivity contribution in [2.24, 2.45) is 0 Å². The molecule has 41 heavy (non-hydrogen) atoms. The van der Waals surface area contributed by atoms with Gasteiger partial charge in [-0.05, 0) is 50.2 Å². The molecule has 0 spiro atoms. The second kappa shape index (κ2) is 13.2. The number of aromatic nitrogens is 3. The highest BCUT2D eigenvalue weighted by atomic mass is 19.4. The molecule has 3 aromatic rings. The van der Waals surface area contributed by atoms with Crippen molar-refractivity contribution in [3.05, 3.63) is 54.7 Å². The summed E-state index contributed by atoms with van der Waals surface area (Å²) in [5.74, 6) is -0.148. The molecule has 1 amide bonds. The number of amides is 1. The third kappa shape index (κ3) is 7.67. The van der Waals surface area contributed by atoms with Crippen molar-refractivity contribution in [1.29, 1.82) is 0 Å². The topological polar surface area (TPSA) is 123 Å². The molecule has 0 saturated carbocycles. The molecule has 0 aliphatic carbocycles. The molecule has 1 aliphatic heterocycles. The Kier molecular flexibility index (Phi) is 9.70. The molecule has 0 unspecified atom stereocenters. The summed E-state index contributed by atoms with van der Waals surface area (Å²) >= 11 is 0. The van der Waals surface area contributed by atoms with Crippen LogP contribution in [0.4, 0.5) is 23.7 Å². The van der Waals surface area contributed by atoms with E-state index in [9.17, 15) is 18.0 Å². The van der Waals surface area contributed by atoms with E-state index >= 15 is 0 Å². The SMILES string of the molecule is CCO[C@@H]1[C@@H](OC)[C@H](C)O[C@@H](OC(=O)Nc2ccc(-c3cnnc(-c4ccc(OC(F)(F)F)cc4)n3)cc2)[C@@H]1OC. The van der Waals surface area contributed by atoms with Gasteiger partial charge in [0.15, 0.2) is 5.82 Å². The molecule has 1 saturated heterocycles. The van der Waals surface area contributed by atoms with Gasteiger partial charge >= 0.3 is 12.5 Å². The average Bonchev–Trinajstić information content (AvgIpc) is 2.93. The van der Waals surface area contributed by atoms with E-state index in [1.165, 1.54) is 37.6 Å². The molecule has 220 valence electrons. The lowest BCUT2D eigenvalue weighted by atomic mass is 9.99. The van der Waals surface area contributed by atoms with E-state index in [0.717, 1.165) is 0 Å². The van der Waals surface area contributed by atoms with Crippen molar-refractivity contribution in [3.63, 3.8) is 0 Å². The van der Waals surface area contributed by atoms with Crippen LogP contribution in [0, 0.1) is 0 Å².